The highest BCUT2D eigenvalue weighted by atomic mass is 16.3. The average Bonchev–Trinajstić information content (AvgIpc) is 2.38. The number of carbonyl (C=O) groups excluding carboxylic acids is 1. The van der Waals surface area contributed by atoms with Crippen LogP contribution in [0.3, 0.4) is 0 Å². The topological polar surface area (TPSA) is 49.3 Å². The van der Waals surface area contributed by atoms with Gasteiger partial charge in [0.2, 0.25) is 5.91 Å². The number of aliphatic hydroxyl groups is 1. The van der Waals surface area contributed by atoms with Crippen LogP contribution in [0.25, 0.3) is 0 Å². The van der Waals surface area contributed by atoms with Crippen molar-refractivity contribution < 1.29 is 9.90 Å². The Kier molecular flexibility index (Phi) is 6.44. The summed E-state index contributed by atoms with van der Waals surface area (Å²) in [6, 6.07) is 8.20. The first kappa shape index (κ1) is 14.7. The molecule has 0 aliphatic carbocycles. The molecule has 0 bridgehead atoms. The van der Waals surface area contributed by atoms with Crippen LogP contribution in [-0.2, 0) is 17.6 Å². The Morgan fingerprint density at radius 3 is 2.67 bits per heavy atom. The predicted octanol–water partition coefficient (Wildman–Crippen LogP) is 2.07. The van der Waals surface area contributed by atoms with Crippen LogP contribution in [0.2, 0.25) is 0 Å². The van der Waals surface area contributed by atoms with Gasteiger partial charge in [0.25, 0.3) is 0 Å². The van der Waals surface area contributed by atoms with Gasteiger partial charge >= 0.3 is 0 Å². The monoisotopic (exact) mass is 249 g/mol. The zero-order valence-corrected chi connectivity index (χ0v) is 11.3. The third-order valence-corrected chi connectivity index (χ3v) is 3.10. The van der Waals surface area contributed by atoms with Gasteiger partial charge in [-0.15, -0.1) is 0 Å². The lowest BCUT2D eigenvalue weighted by molar-refractivity contribution is -0.121. The largest absolute Gasteiger partial charge is 0.396 e. The molecule has 1 atom stereocenters. The van der Waals surface area contributed by atoms with E-state index in [0.717, 1.165) is 18.4 Å². The molecule has 2 N–H and O–H groups in total. The van der Waals surface area contributed by atoms with Gasteiger partial charge in [0.05, 0.1) is 6.42 Å². The van der Waals surface area contributed by atoms with Crippen molar-refractivity contribution in [2.45, 2.75) is 45.6 Å². The van der Waals surface area contributed by atoms with E-state index in [1.54, 1.807) is 0 Å². The molecule has 0 aliphatic heterocycles. The number of carbonyl (C=O) groups is 1. The van der Waals surface area contributed by atoms with Crippen molar-refractivity contribution >= 4 is 5.91 Å². The summed E-state index contributed by atoms with van der Waals surface area (Å²) in [5, 5.41) is 11.8. The molecule has 0 spiro atoms. The number of hydrogen-bond donors (Lipinski definition) is 2. The van der Waals surface area contributed by atoms with Crippen LogP contribution >= 0.6 is 0 Å². The normalized spacial score (nSPS) is 12.2. The minimum Gasteiger partial charge on any atom is -0.396 e. The summed E-state index contributed by atoms with van der Waals surface area (Å²) in [6.07, 6.45) is 2.87. The maximum atomic E-state index is 11.9. The molecule has 1 aromatic rings. The Labute approximate surface area is 109 Å². The molecule has 18 heavy (non-hydrogen) atoms. The third kappa shape index (κ3) is 4.88. The van der Waals surface area contributed by atoms with Gasteiger partial charge < -0.3 is 10.4 Å². The molecule has 1 aromatic carbocycles. The lowest BCUT2D eigenvalue weighted by atomic mass is 10.1. The molecule has 3 heteroatoms. The Bertz CT molecular complexity index is 377. The summed E-state index contributed by atoms with van der Waals surface area (Å²) < 4.78 is 0. The van der Waals surface area contributed by atoms with E-state index in [2.05, 4.69) is 24.4 Å². The fourth-order valence-electron chi connectivity index (χ4n) is 1.96. The van der Waals surface area contributed by atoms with Gasteiger partial charge in [0.15, 0.2) is 0 Å². The molecule has 0 saturated carbocycles. The highest BCUT2D eigenvalue weighted by molar-refractivity contribution is 5.78. The number of amides is 1. The van der Waals surface area contributed by atoms with Gasteiger partial charge in [0, 0.05) is 12.6 Å². The molecule has 3 nitrogen and oxygen atoms in total. The van der Waals surface area contributed by atoms with E-state index in [1.807, 2.05) is 19.1 Å². The molecule has 0 aromatic heterocycles. The summed E-state index contributed by atoms with van der Waals surface area (Å²) in [4.78, 5) is 11.9. The van der Waals surface area contributed by atoms with Crippen molar-refractivity contribution in [3.63, 3.8) is 0 Å². The molecule has 100 valence electrons. The Hall–Kier alpha value is -1.35. The standard InChI is InChI=1S/C15H23NO2/c1-3-12-6-5-7-13(10-12)11-15(18)16-14(4-2)8-9-17/h5-7,10,14,17H,3-4,8-9,11H2,1-2H3,(H,16,18). The van der Waals surface area contributed by atoms with Crippen molar-refractivity contribution in [2.75, 3.05) is 6.61 Å². The molecule has 1 rings (SSSR count). The van der Waals surface area contributed by atoms with Crippen molar-refractivity contribution in [3.8, 4) is 0 Å². The van der Waals surface area contributed by atoms with Gasteiger partial charge in [-0.1, -0.05) is 38.1 Å². The van der Waals surface area contributed by atoms with Crippen LogP contribution in [0.1, 0.15) is 37.8 Å². The highest BCUT2D eigenvalue weighted by Gasteiger charge is 2.10. The predicted molar refractivity (Wildman–Crippen MR) is 73.4 cm³/mol. The molecular formula is C15H23NO2. The molecule has 0 fully saturated rings. The summed E-state index contributed by atoms with van der Waals surface area (Å²) in [7, 11) is 0. The maximum Gasteiger partial charge on any atom is 0.224 e. The van der Waals surface area contributed by atoms with Gasteiger partial charge in [-0.2, -0.15) is 0 Å². The second-order valence-electron chi connectivity index (χ2n) is 4.54. The average molecular weight is 249 g/mol. The van der Waals surface area contributed by atoms with Crippen molar-refractivity contribution in [2.24, 2.45) is 0 Å². The molecule has 0 radical (unpaired) electrons. The zero-order chi connectivity index (χ0) is 13.4. The van der Waals surface area contributed by atoms with Crippen LogP contribution < -0.4 is 5.32 Å². The molecule has 1 amide bonds. The van der Waals surface area contributed by atoms with Gasteiger partial charge in [-0.05, 0) is 30.4 Å². The van der Waals surface area contributed by atoms with E-state index in [4.69, 9.17) is 5.11 Å². The number of hydrogen-bond acceptors (Lipinski definition) is 2. The minimum absolute atomic E-state index is 0.0311. The second kappa shape index (κ2) is 7.88. The van der Waals surface area contributed by atoms with E-state index in [0.29, 0.717) is 12.8 Å². The second-order valence-corrected chi connectivity index (χ2v) is 4.54. The van der Waals surface area contributed by atoms with E-state index < -0.39 is 0 Å². The summed E-state index contributed by atoms with van der Waals surface area (Å²) in [5.74, 6) is 0.0311. The molecule has 0 saturated heterocycles. The van der Waals surface area contributed by atoms with Gasteiger partial charge in [0.1, 0.15) is 0 Å². The van der Waals surface area contributed by atoms with Crippen LogP contribution in [0.15, 0.2) is 24.3 Å². The quantitative estimate of drug-likeness (QED) is 0.777. The number of aliphatic hydroxyl groups excluding tert-OH is 1. The lowest BCUT2D eigenvalue weighted by Gasteiger charge is -2.15. The Morgan fingerprint density at radius 2 is 2.06 bits per heavy atom. The minimum atomic E-state index is 0.0311. The Morgan fingerprint density at radius 1 is 1.33 bits per heavy atom. The number of nitrogens with one attached hydrogen (secondary N) is 1. The van der Waals surface area contributed by atoms with Gasteiger partial charge in [-0.25, -0.2) is 0 Å². The Balaban J connectivity index is 2.52. The first-order valence-electron chi connectivity index (χ1n) is 6.67. The molecule has 0 aliphatic rings. The molecule has 0 heterocycles. The highest BCUT2D eigenvalue weighted by Crippen LogP contribution is 2.07. The van der Waals surface area contributed by atoms with Crippen LogP contribution in [0, 0.1) is 0 Å². The fourth-order valence-corrected chi connectivity index (χ4v) is 1.96. The maximum absolute atomic E-state index is 11.9. The SMILES string of the molecule is CCc1cccc(CC(=O)NC(CC)CCO)c1. The first-order chi connectivity index (χ1) is 8.69. The van der Waals surface area contributed by atoms with Crippen LogP contribution in [0.4, 0.5) is 0 Å². The summed E-state index contributed by atoms with van der Waals surface area (Å²) in [6.45, 7) is 4.23. The van der Waals surface area contributed by atoms with E-state index >= 15 is 0 Å². The van der Waals surface area contributed by atoms with Crippen LogP contribution in [-0.4, -0.2) is 23.7 Å². The fraction of sp³-hybridized carbons (Fsp3) is 0.533. The molecular weight excluding hydrogens is 226 g/mol. The molecule has 1 unspecified atom stereocenters. The van der Waals surface area contributed by atoms with Gasteiger partial charge in [-0.3, -0.25) is 4.79 Å². The first-order valence-corrected chi connectivity index (χ1v) is 6.67. The van der Waals surface area contributed by atoms with Crippen molar-refractivity contribution in [3.05, 3.63) is 35.4 Å². The number of rotatable bonds is 7. The number of aryl methyl sites for hydroxylation is 1. The van der Waals surface area contributed by atoms with Crippen molar-refractivity contribution in [1.29, 1.82) is 0 Å². The number of benzene rings is 1. The van der Waals surface area contributed by atoms with E-state index in [-0.39, 0.29) is 18.6 Å². The van der Waals surface area contributed by atoms with Crippen LogP contribution in [0.5, 0.6) is 0 Å². The summed E-state index contributed by atoms with van der Waals surface area (Å²) in [5.41, 5.74) is 2.30. The lowest BCUT2D eigenvalue weighted by Crippen LogP contribution is -2.36. The summed E-state index contributed by atoms with van der Waals surface area (Å²) >= 11 is 0. The van der Waals surface area contributed by atoms with Crippen molar-refractivity contribution in [1.82, 2.24) is 5.32 Å². The smallest absolute Gasteiger partial charge is 0.224 e. The zero-order valence-electron chi connectivity index (χ0n) is 11.3. The van der Waals surface area contributed by atoms with E-state index in [1.165, 1.54) is 5.56 Å². The third-order valence-electron chi connectivity index (χ3n) is 3.10. The van der Waals surface area contributed by atoms with E-state index in [9.17, 15) is 4.79 Å².